The Kier molecular flexibility index (Phi) is 3.84. The summed E-state index contributed by atoms with van der Waals surface area (Å²) >= 11 is 3.18. The molecule has 132 valence electrons. The van der Waals surface area contributed by atoms with Crippen molar-refractivity contribution in [1.29, 1.82) is 0 Å². The summed E-state index contributed by atoms with van der Waals surface area (Å²) < 4.78 is 1.99. The van der Waals surface area contributed by atoms with Gasteiger partial charge in [0.05, 0.1) is 16.3 Å². The number of nitrogens with zero attached hydrogens (tertiary/aromatic N) is 3. The van der Waals surface area contributed by atoms with Gasteiger partial charge in [-0.3, -0.25) is 14.3 Å². The second kappa shape index (κ2) is 6.49. The van der Waals surface area contributed by atoms with Gasteiger partial charge in [0.15, 0.2) is 10.7 Å². The number of aromatic nitrogens is 4. The quantitative estimate of drug-likeness (QED) is 0.463. The van der Waals surface area contributed by atoms with Crippen LogP contribution < -0.4 is 5.32 Å². The van der Waals surface area contributed by atoms with E-state index in [0.717, 1.165) is 26.8 Å². The number of nitrogens with one attached hydrogen (secondary N) is 2. The Hall–Kier alpha value is -3.23. The van der Waals surface area contributed by atoms with E-state index in [1.54, 1.807) is 28.7 Å². The second-order valence-corrected chi connectivity index (χ2v) is 7.72. The van der Waals surface area contributed by atoms with Crippen molar-refractivity contribution in [3.63, 3.8) is 0 Å². The van der Waals surface area contributed by atoms with Gasteiger partial charge in [-0.15, -0.1) is 22.7 Å². The summed E-state index contributed by atoms with van der Waals surface area (Å²) in [4.78, 5) is 19.1. The van der Waals surface area contributed by atoms with E-state index in [4.69, 9.17) is 0 Å². The lowest BCUT2D eigenvalue weighted by molar-refractivity contribution is 0.102. The topological polar surface area (TPSA) is 75.1 Å². The van der Waals surface area contributed by atoms with Crippen LogP contribution in [-0.2, 0) is 0 Å². The molecule has 0 unspecified atom stereocenters. The molecule has 5 rings (SSSR count). The summed E-state index contributed by atoms with van der Waals surface area (Å²) in [7, 11) is 0. The van der Waals surface area contributed by atoms with Gasteiger partial charge in [-0.2, -0.15) is 5.10 Å². The number of H-pyrrole nitrogens is 1. The van der Waals surface area contributed by atoms with Gasteiger partial charge in [-0.05, 0) is 29.6 Å². The summed E-state index contributed by atoms with van der Waals surface area (Å²) in [5.74, 6) is -0.253. The highest BCUT2D eigenvalue weighted by Gasteiger charge is 2.13. The normalized spacial score (nSPS) is 11.1. The molecule has 5 aromatic rings. The van der Waals surface area contributed by atoms with Crippen molar-refractivity contribution in [2.24, 2.45) is 0 Å². The maximum Gasteiger partial charge on any atom is 0.276 e. The largest absolute Gasteiger partial charge is 0.321 e. The lowest BCUT2D eigenvalue weighted by Gasteiger charge is -2.04. The van der Waals surface area contributed by atoms with Crippen LogP contribution in [0.15, 0.2) is 65.6 Å². The third kappa shape index (κ3) is 3.05. The number of thiazole rings is 1. The molecule has 0 bridgehead atoms. The van der Waals surface area contributed by atoms with E-state index in [9.17, 15) is 4.79 Å². The summed E-state index contributed by atoms with van der Waals surface area (Å²) in [6.07, 6.45) is 3.96. The fourth-order valence-corrected chi connectivity index (χ4v) is 4.21. The van der Waals surface area contributed by atoms with E-state index >= 15 is 0 Å². The number of aromatic amines is 1. The number of imidazole rings is 1. The zero-order valence-electron chi connectivity index (χ0n) is 13.9. The Bertz CT molecular complexity index is 1200. The van der Waals surface area contributed by atoms with Crippen LogP contribution in [0.25, 0.3) is 26.8 Å². The third-order valence-electron chi connectivity index (χ3n) is 4.11. The van der Waals surface area contributed by atoms with Gasteiger partial charge in [0.2, 0.25) is 0 Å². The molecular weight excluding hydrogens is 378 g/mol. The molecule has 0 fully saturated rings. The first-order valence-electron chi connectivity index (χ1n) is 8.19. The highest BCUT2D eigenvalue weighted by molar-refractivity contribution is 7.15. The zero-order valence-corrected chi connectivity index (χ0v) is 15.6. The van der Waals surface area contributed by atoms with E-state index in [1.807, 2.05) is 64.0 Å². The highest BCUT2D eigenvalue weighted by Crippen LogP contribution is 2.25. The van der Waals surface area contributed by atoms with Crippen LogP contribution in [0.3, 0.4) is 0 Å². The van der Waals surface area contributed by atoms with Gasteiger partial charge >= 0.3 is 0 Å². The SMILES string of the molecule is O=C(Nc1cccc(-c2cn3ccsc3n2)c1)c1cc(-c2cccs2)[nH]n1. The Labute approximate surface area is 162 Å². The first kappa shape index (κ1) is 16.0. The van der Waals surface area contributed by atoms with Crippen molar-refractivity contribution in [2.75, 3.05) is 5.32 Å². The predicted molar refractivity (Wildman–Crippen MR) is 108 cm³/mol. The van der Waals surface area contributed by atoms with E-state index in [-0.39, 0.29) is 5.91 Å². The number of benzene rings is 1. The molecule has 6 nitrogen and oxygen atoms in total. The molecule has 0 aliphatic rings. The molecule has 0 atom stereocenters. The summed E-state index contributed by atoms with van der Waals surface area (Å²) in [5, 5.41) is 13.9. The minimum Gasteiger partial charge on any atom is -0.321 e. The van der Waals surface area contributed by atoms with Crippen molar-refractivity contribution in [2.45, 2.75) is 0 Å². The number of rotatable bonds is 4. The molecule has 4 heterocycles. The molecule has 0 aliphatic carbocycles. The average Bonchev–Trinajstić information content (AvgIpc) is 3.45. The maximum absolute atomic E-state index is 12.5. The minimum absolute atomic E-state index is 0.253. The van der Waals surface area contributed by atoms with Gasteiger partial charge in [0.1, 0.15) is 0 Å². The van der Waals surface area contributed by atoms with Gasteiger partial charge in [-0.1, -0.05) is 18.2 Å². The van der Waals surface area contributed by atoms with E-state index in [0.29, 0.717) is 11.4 Å². The molecule has 0 saturated heterocycles. The van der Waals surface area contributed by atoms with Crippen LogP contribution >= 0.6 is 22.7 Å². The van der Waals surface area contributed by atoms with Crippen LogP contribution in [0.4, 0.5) is 5.69 Å². The molecule has 1 amide bonds. The average molecular weight is 391 g/mol. The summed E-state index contributed by atoms with van der Waals surface area (Å²) in [6.45, 7) is 0. The van der Waals surface area contributed by atoms with Crippen molar-refractivity contribution < 1.29 is 4.79 Å². The Morgan fingerprint density at radius 2 is 2.07 bits per heavy atom. The lowest BCUT2D eigenvalue weighted by atomic mass is 10.1. The molecular formula is C19H13N5OS2. The summed E-state index contributed by atoms with van der Waals surface area (Å²) in [5.41, 5.74) is 3.71. The Morgan fingerprint density at radius 1 is 1.11 bits per heavy atom. The van der Waals surface area contributed by atoms with E-state index < -0.39 is 0 Å². The number of carbonyl (C=O) groups excluding carboxylic acids is 1. The van der Waals surface area contributed by atoms with Crippen LogP contribution in [0, 0.1) is 0 Å². The van der Waals surface area contributed by atoms with E-state index in [1.165, 1.54) is 0 Å². The zero-order chi connectivity index (χ0) is 18.2. The van der Waals surface area contributed by atoms with Crippen LogP contribution in [-0.4, -0.2) is 25.5 Å². The molecule has 0 saturated carbocycles. The Morgan fingerprint density at radius 3 is 2.93 bits per heavy atom. The van der Waals surface area contributed by atoms with Gasteiger partial charge in [-0.25, -0.2) is 4.98 Å². The van der Waals surface area contributed by atoms with Crippen molar-refractivity contribution in [3.05, 3.63) is 71.3 Å². The standard InChI is InChI=1S/C19H13N5OS2/c25-18(15-10-14(22-23-15)17-5-2-7-26-17)20-13-4-1-3-12(9-13)16-11-24-6-8-27-19(24)21-16/h1-11H,(H,20,25)(H,22,23). The molecule has 0 aliphatic heterocycles. The van der Waals surface area contributed by atoms with Gasteiger partial charge < -0.3 is 5.32 Å². The molecule has 1 aromatic carbocycles. The molecule has 0 spiro atoms. The van der Waals surface area contributed by atoms with Crippen LogP contribution in [0.1, 0.15) is 10.5 Å². The monoisotopic (exact) mass is 391 g/mol. The highest BCUT2D eigenvalue weighted by atomic mass is 32.1. The Balaban J connectivity index is 1.37. The van der Waals surface area contributed by atoms with E-state index in [2.05, 4.69) is 20.5 Å². The summed E-state index contributed by atoms with van der Waals surface area (Å²) in [6, 6.07) is 13.4. The molecule has 27 heavy (non-hydrogen) atoms. The third-order valence-corrected chi connectivity index (χ3v) is 5.78. The molecule has 8 heteroatoms. The first-order valence-corrected chi connectivity index (χ1v) is 9.95. The molecule has 4 aromatic heterocycles. The number of carbonyl (C=O) groups is 1. The van der Waals surface area contributed by atoms with Crippen LogP contribution in [0.2, 0.25) is 0 Å². The number of hydrogen-bond acceptors (Lipinski definition) is 5. The minimum atomic E-state index is -0.253. The van der Waals surface area contributed by atoms with Gasteiger partial charge in [0.25, 0.3) is 5.91 Å². The number of hydrogen-bond donors (Lipinski definition) is 2. The number of fused-ring (bicyclic) bond motifs is 1. The fraction of sp³-hybridized carbons (Fsp3) is 0. The predicted octanol–water partition coefficient (Wildman–Crippen LogP) is 4.77. The number of anilines is 1. The van der Waals surface area contributed by atoms with Crippen LogP contribution in [0.5, 0.6) is 0 Å². The molecule has 2 N–H and O–H groups in total. The van der Waals surface area contributed by atoms with Crippen molar-refractivity contribution in [1.82, 2.24) is 19.6 Å². The number of thiophene rings is 1. The first-order chi connectivity index (χ1) is 13.3. The van der Waals surface area contributed by atoms with Gasteiger partial charge in [0, 0.05) is 29.0 Å². The maximum atomic E-state index is 12.5. The second-order valence-electron chi connectivity index (χ2n) is 5.90. The fourth-order valence-electron chi connectivity index (χ4n) is 2.81. The van der Waals surface area contributed by atoms with Crippen molar-refractivity contribution in [3.8, 4) is 21.8 Å². The van der Waals surface area contributed by atoms with Crippen molar-refractivity contribution >= 4 is 39.2 Å². The molecule has 0 radical (unpaired) electrons. The number of amides is 1. The smallest absolute Gasteiger partial charge is 0.276 e. The lowest BCUT2D eigenvalue weighted by Crippen LogP contribution is -2.12.